The number of halogens is 4. The van der Waals surface area contributed by atoms with Gasteiger partial charge in [0.2, 0.25) is 0 Å². The second-order valence-electron chi connectivity index (χ2n) is 3.49. The van der Waals surface area contributed by atoms with Crippen LogP contribution in [0.3, 0.4) is 0 Å². The van der Waals surface area contributed by atoms with Crippen LogP contribution in [0.15, 0.2) is 4.90 Å². The molecule has 1 aromatic rings. The zero-order chi connectivity index (χ0) is 14.8. The zero-order valence-electron chi connectivity index (χ0n) is 9.68. The average molecular weight is 317 g/mol. The largest absolute Gasteiger partial charge is 0.396 e. The van der Waals surface area contributed by atoms with E-state index in [9.17, 15) is 22.4 Å². The Hall–Kier alpha value is -1.16. The predicted octanol–water partition coefficient (Wildman–Crippen LogP) is 2.46. The number of hydrogen-bond acceptors (Lipinski definition) is 5. The lowest BCUT2D eigenvalue weighted by molar-refractivity contribution is -0.117. The van der Waals surface area contributed by atoms with Crippen LogP contribution in [0, 0.1) is 0 Å². The van der Waals surface area contributed by atoms with Gasteiger partial charge in [-0.1, -0.05) is 0 Å². The fourth-order valence-corrected chi connectivity index (χ4v) is 3.09. The van der Waals surface area contributed by atoms with E-state index in [2.05, 4.69) is 5.32 Å². The number of nitrogen functional groups attached to an aromatic ring is 1. The summed E-state index contributed by atoms with van der Waals surface area (Å²) < 4.78 is 49.6. The zero-order valence-corrected chi connectivity index (χ0v) is 11.3. The standard InChI is InChI=1S/C9H11F4N3OS2/c1-18-5-3(14)4(6(15)17)19-7(5)16-2-9(12,13)8(10)11/h8,16H,2,14H2,1H3,(H2,15,17). The first kappa shape index (κ1) is 15.9. The number of hydrogen-bond donors (Lipinski definition) is 3. The summed E-state index contributed by atoms with van der Waals surface area (Å²) >= 11 is 1.86. The quantitative estimate of drug-likeness (QED) is 0.556. The van der Waals surface area contributed by atoms with Gasteiger partial charge in [0, 0.05) is 0 Å². The Morgan fingerprint density at radius 3 is 2.53 bits per heavy atom. The molecule has 0 aromatic carbocycles. The molecule has 10 heteroatoms. The number of thiophene rings is 1. The van der Waals surface area contributed by atoms with E-state index in [-0.39, 0.29) is 15.6 Å². The summed E-state index contributed by atoms with van der Waals surface area (Å²) in [4.78, 5) is 11.4. The molecular formula is C9H11F4N3OS2. The Bertz CT molecular complexity index is 478. The van der Waals surface area contributed by atoms with Crippen molar-refractivity contribution in [1.29, 1.82) is 0 Å². The Balaban J connectivity index is 2.96. The first-order valence-corrected chi connectivity index (χ1v) is 6.90. The van der Waals surface area contributed by atoms with E-state index >= 15 is 0 Å². The van der Waals surface area contributed by atoms with Gasteiger partial charge in [-0.05, 0) is 6.26 Å². The van der Waals surface area contributed by atoms with Crippen LogP contribution >= 0.6 is 23.1 Å². The maximum atomic E-state index is 12.8. The van der Waals surface area contributed by atoms with Gasteiger partial charge in [0.05, 0.1) is 17.1 Å². The lowest BCUT2D eigenvalue weighted by atomic mass is 10.3. The first-order valence-electron chi connectivity index (χ1n) is 4.86. The summed E-state index contributed by atoms with van der Waals surface area (Å²) in [6.45, 7) is -1.25. The van der Waals surface area contributed by atoms with Crippen LogP contribution in [0.5, 0.6) is 0 Å². The number of alkyl halides is 4. The van der Waals surface area contributed by atoms with Gasteiger partial charge in [-0.15, -0.1) is 23.1 Å². The van der Waals surface area contributed by atoms with Crippen LogP contribution in [-0.4, -0.2) is 31.1 Å². The van der Waals surface area contributed by atoms with Crippen molar-refractivity contribution >= 4 is 39.7 Å². The molecule has 4 nitrogen and oxygen atoms in total. The molecule has 0 radical (unpaired) electrons. The highest BCUT2D eigenvalue weighted by molar-refractivity contribution is 7.99. The Morgan fingerprint density at radius 2 is 2.11 bits per heavy atom. The first-order chi connectivity index (χ1) is 8.70. The van der Waals surface area contributed by atoms with Crippen molar-refractivity contribution in [1.82, 2.24) is 0 Å². The molecule has 0 atom stereocenters. The minimum absolute atomic E-state index is 0.00668. The lowest BCUT2D eigenvalue weighted by Gasteiger charge is -2.16. The van der Waals surface area contributed by atoms with Crippen LogP contribution in [0.2, 0.25) is 0 Å². The van der Waals surface area contributed by atoms with E-state index in [4.69, 9.17) is 11.5 Å². The van der Waals surface area contributed by atoms with Crippen LogP contribution in [0.4, 0.5) is 28.3 Å². The molecule has 0 unspecified atom stereocenters. The van der Waals surface area contributed by atoms with Crippen molar-refractivity contribution in [2.24, 2.45) is 5.73 Å². The van der Waals surface area contributed by atoms with Gasteiger partial charge in [0.25, 0.3) is 5.91 Å². The third kappa shape index (κ3) is 3.44. The molecule has 1 aromatic heterocycles. The molecule has 0 saturated heterocycles. The Morgan fingerprint density at radius 1 is 1.53 bits per heavy atom. The van der Waals surface area contributed by atoms with Gasteiger partial charge >= 0.3 is 12.3 Å². The topological polar surface area (TPSA) is 81.1 Å². The second-order valence-corrected chi connectivity index (χ2v) is 5.32. The van der Waals surface area contributed by atoms with E-state index in [1.807, 2.05) is 0 Å². The van der Waals surface area contributed by atoms with Gasteiger partial charge in [-0.2, -0.15) is 8.78 Å². The summed E-state index contributed by atoms with van der Waals surface area (Å²) in [6, 6.07) is 0. The number of amides is 1. The lowest BCUT2D eigenvalue weighted by Crippen LogP contribution is -2.34. The number of carbonyl (C=O) groups is 1. The van der Waals surface area contributed by atoms with Crippen molar-refractivity contribution in [3.05, 3.63) is 4.88 Å². The van der Waals surface area contributed by atoms with E-state index in [0.29, 0.717) is 4.90 Å². The highest BCUT2D eigenvalue weighted by Crippen LogP contribution is 2.41. The molecule has 0 spiro atoms. The molecule has 5 N–H and O–H groups in total. The fourth-order valence-electron chi connectivity index (χ4n) is 1.21. The van der Waals surface area contributed by atoms with E-state index in [1.54, 1.807) is 6.26 Å². The van der Waals surface area contributed by atoms with Gasteiger partial charge < -0.3 is 16.8 Å². The highest BCUT2D eigenvalue weighted by Gasteiger charge is 2.40. The molecule has 0 aliphatic carbocycles. The summed E-state index contributed by atoms with van der Waals surface area (Å²) in [6.07, 6.45) is -2.16. The van der Waals surface area contributed by atoms with E-state index in [1.165, 1.54) is 0 Å². The highest BCUT2D eigenvalue weighted by atomic mass is 32.2. The SMILES string of the molecule is CSc1c(NCC(F)(F)C(F)F)sc(C(N)=O)c1N. The molecule has 1 amide bonds. The van der Waals surface area contributed by atoms with Crippen LogP contribution in [-0.2, 0) is 0 Å². The minimum atomic E-state index is -4.17. The number of thioether (sulfide) groups is 1. The number of rotatable bonds is 6. The number of primary amides is 1. The molecule has 0 aliphatic heterocycles. The molecule has 0 fully saturated rings. The molecule has 19 heavy (non-hydrogen) atoms. The van der Waals surface area contributed by atoms with E-state index in [0.717, 1.165) is 23.1 Å². The molecule has 108 valence electrons. The number of carbonyl (C=O) groups excluding carboxylic acids is 1. The second kappa shape index (κ2) is 5.87. The maximum absolute atomic E-state index is 12.8. The van der Waals surface area contributed by atoms with E-state index < -0.39 is 24.8 Å². The average Bonchev–Trinajstić information content (AvgIpc) is 2.63. The maximum Gasteiger partial charge on any atom is 0.324 e. The van der Waals surface area contributed by atoms with Crippen molar-refractivity contribution in [2.75, 3.05) is 23.9 Å². The molecule has 1 heterocycles. The van der Waals surface area contributed by atoms with Crippen molar-refractivity contribution in [3.8, 4) is 0 Å². The fraction of sp³-hybridized carbons (Fsp3) is 0.444. The van der Waals surface area contributed by atoms with Gasteiger partial charge in [0.1, 0.15) is 9.88 Å². The third-order valence-corrected chi connectivity index (χ3v) is 4.27. The van der Waals surface area contributed by atoms with Crippen LogP contribution in [0.1, 0.15) is 9.67 Å². The number of anilines is 2. The van der Waals surface area contributed by atoms with Gasteiger partial charge in [-0.25, -0.2) is 8.78 Å². The van der Waals surface area contributed by atoms with Crippen LogP contribution < -0.4 is 16.8 Å². The molecule has 0 saturated carbocycles. The molecule has 0 aliphatic rings. The summed E-state index contributed by atoms with van der Waals surface area (Å²) in [5.74, 6) is -4.96. The molecular weight excluding hydrogens is 306 g/mol. The van der Waals surface area contributed by atoms with Gasteiger partial charge in [0.15, 0.2) is 0 Å². The smallest absolute Gasteiger partial charge is 0.324 e. The minimum Gasteiger partial charge on any atom is -0.396 e. The summed E-state index contributed by atoms with van der Waals surface area (Å²) in [5, 5.41) is 2.31. The normalized spacial score (nSPS) is 11.9. The van der Waals surface area contributed by atoms with Crippen LogP contribution in [0.25, 0.3) is 0 Å². The van der Waals surface area contributed by atoms with Crippen molar-refractivity contribution < 1.29 is 22.4 Å². The Kier molecular flexibility index (Phi) is 4.91. The van der Waals surface area contributed by atoms with Gasteiger partial charge in [-0.3, -0.25) is 4.79 Å². The summed E-state index contributed by atoms with van der Waals surface area (Å²) in [7, 11) is 0. The predicted molar refractivity (Wildman–Crippen MR) is 68.5 cm³/mol. The Labute approximate surface area is 114 Å². The molecule has 0 bridgehead atoms. The number of nitrogens with two attached hydrogens (primary N) is 2. The third-order valence-electron chi connectivity index (χ3n) is 2.13. The number of nitrogens with one attached hydrogen (secondary N) is 1. The summed E-state index contributed by atoms with van der Waals surface area (Å²) in [5.41, 5.74) is 10.8. The monoisotopic (exact) mass is 317 g/mol. The van der Waals surface area contributed by atoms with Crippen molar-refractivity contribution in [3.63, 3.8) is 0 Å². The van der Waals surface area contributed by atoms with Crippen molar-refractivity contribution in [2.45, 2.75) is 17.2 Å². The molecule has 1 rings (SSSR count).